The number of allylic oxidation sites excluding steroid dienone is 1. The molecule has 0 amide bonds. The van der Waals surface area contributed by atoms with Gasteiger partial charge in [0.15, 0.2) is 5.43 Å². The molecule has 2 atom stereocenters. The summed E-state index contributed by atoms with van der Waals surface area (Å²) < 4.78 is 18.5. The number of phenols is 2. The monoisotopic (exact) mass is 586 g/mol. The smallest absolute Gasteiger partial charge is 0.333 e. The Bertz CT molecular complexity index is 1810. The van der Waals surface area contributed by atoms with Gasteiger partial charge in [0.1, 0.15) is 58.1 Å². The first-order chi connectivity index (χ1) is 20.4. The highest BCUT2D eigenvalue weighted by Gasteiger charge is 2.44. The van der Waals surface area contributed by atoms with Crippen molar-refractivity contribution < 1.29 is 34.0 Å². The van der Waals surface area contributed by atoms with Crippen LogP contribution in [-0.4, -0.2) is 38.0 Å². The molecule has 43 heavy (non-hydrogen) atoms. The topological polar surface area (TPSA) is 165 Å². The molecule has 0 bridgehead atoms. The van der Waals surface area contributed by atoms with E-state index < -0.39 is 35.6 Å². The van der Waals surface area contributed by atoms with Gasteiger partial charge in [-0.1, -0.05) is 18.2 Å². The number of aromatic nitrogens is 1. The first kappa shape index (κ1) is 29.7. The van der Waals surface area contributed by atoms with Crippen LogP contribution in [0.3, 0.4) is 0 Å². The van der Waals surface area contributed by atoms with E-state index in [1.165, 1.54) is 0 Å². The molecule has 1 aliphatic rings. The van der Waals surface area contributed by atoms with Crippen LogP contribution in [0.5, 0.6) is 17.2 Å². The predicted molar refractivity (Wildman–Crippen MR) is 160 cm³/mol. The number of aromatic hydroxyl groups is 2. The number of phenolic OH excluding ortho intramolecular Hbond substituents is 2. The number of pyridine rings is 1. The lowest BCUT2D eigenvalue weighted by Gasteiger charge is -2.41. The Balaban J connectivity index is 1.82. The lowest BCUT2D eigenvalue weighted by molar-refractivity contribution is -0.156. The fourth-order valence-corrected chi connectivity index (χ4v) is 5.45. The fourth-order valence-electron chi connectivity index (χ4n) is 5.45. The summed E-state index contributed by atoms with van der Waals surface area (Å²) >= 11 is 0. The SMILES string of the molecule is C/C=C(/C)C(=O)O[C@@H]1Cc2c(c([C@H](Cc3cccc(O)c3)c3ccnc(N)c3)c3oc(CO)cc(=O)c3c2O)OC1(C)C. The molecule has 3 heterocycles. The molecule has 0 radical (unpaired) electrons. The normalized spacial score (nSPS) is 16.8. The van der Waals surface area contributed by atoms with E-state index in [2.05, 4.69) is 4.98 Å². The third kappa shape index (κ3) is 5.65. The zero-order chi connectivity index (χ0) is 31.1. The molecular weight excluding hydrogens is 552 g/mol. The van der Waals surface area contributed by atoms with Crippen LogP contribution in [-0.2, 0) is 29.0 Å². The maximum absolute atomic E-state index is 13.4. The second-order valence-electron chi connectivity index (χ2n) is 11.2. The number of nitrogens with zero attached hydrogens (tertiary/aromatic N) is 1. The molecular formula is C33H34N2O8. The Morgan fingerprint density at radius 2 is 2.00 bits per heavy atom. The van der Waals surface area contributed by atoms with Gasteiger partial charge in [-0.2, -0.15) is 0 Å². The zero-order valence-electron chi connectivity index (χ0n) is 24.4. The van der Waals surface area contributed by atoms with Crippen LogP contribution in [0, 0.1) is 0 Å². The van der Waals surface area contributed by atoms with Crippen molar-refractivity contribution in [1.82, 2.24) is 4.98 Å². The summed E-state index contributed by atoms with van der Waals surface area (Å²) in [6, 6.07) is 11.4. The largest absolute Gasteiger partial charge is 0.508 e. The minimum Gasteiger partial charge on any atom is -0.508 e. The van der Waals surface area contributed by atoms with Crippen LogP contribution in [0.15, 0.2) is 69.5 Å². The maximum Gasteiger partial charge on any atom is 0.333 e. The third-order valence-electron chi connectivity index (χ3n) is 7.88. The van der Waals surface area contributed by atoms with Crippen molar-refractivity contribution in [3.63, 3.8) is 0 Å². The Kier molecular flexibility index (Phi) is 7.90. The number of rotatable bonds is 7. The number of carbonyl (C=O) groups excluding carboxylic acids is 1. The van der Waals surface area contributed by atoms with Gasteiger partial charge in [0, 0.05) is 41.3 Å². The van der Waals surface area contributed by atoms with E-state index in [0.717, 1.165) is 11.6 Å². The highest BCUT2D eigenvalue weighted by Crippen LogP contribution is 2.50. The lowest BCUT2D eigenvalue weighted by Crippen LogP contribution is -2.49. The van der Waals surface area contributed by atoms with Crippen LogP contribution in [0.1, 0.15) is 61.6 Å². The Morgan fingerprint density at radius 3 is 2.67 bits per heavy atom. The Morgan fingerprint density at radius 1 is 1.23 bits per heavy atom. The molecule has 5 N–H and O–H groups in total. The number of fused-ring (bicyclic) bond motifs is 2. The number of aliphatic hydroxyl groups is 1. The number of hydrogen-bond acceptors (Lipinski definition) is 10. The quantitative estimate of drug-likeness (QED) is 0.177. The molecule has 10 heteroatoms. The first-order valence-electron chi connectivity index (χ1n) is 13.9. The number of nitrogens with two attached hydrogens (primary N) is 1. The highest BCUT2D eigenvalue weighted by molar-refractivity contribution is 5.92. The molecule has 10 nitrogen and oxygen atoms in total. The van der Waals surface area contributed by atoms with E-state index >= 15 is 0 Å². The van der Waals surface area contributed by atoms with E-state index in [0.29, 0.717) is 23.1 Å². The molecule has 0 saturated heterocycles. The first-order valence-corrected chi connectivity index (χ1v) is 13.9. The average molecular weight is 587 g/mol. The Labute approximate surface area is 248 Å². The van der Waals surface area contributed by atoms with Crippen molar-refractivity contribution in [2.75, 3.05) is 5.73 Å². The molecule has 4 aromatic rings. The standard InChI is InChI=1S/C33H34N2O8/c1-5-17(2)32(40)42-25-15-23-29(39)28-24(38)14-21(16-36)41-31(28)27(30(23)43-33(25,3)4)22(19-9-10-35-26(34)13-19)12-18-7-6-8-20(37)11-18/h5-11,13-14,22,25,36-37,39H,12,15-16H2,1-4H3,(H2,34,35)/b17-5-/t22-,25-/m1/s1. The summed E-state index contributed by atoms with van der Waals surface area (Å²) in [7, 11) is 0. The van der Waals surface area contributed by atoms with Crippen molar-refractivity contribution in [1.29, 1.82) is 0 Å². The minimum absolute atomic E-state index is 0.00662. The molecule has 0 unspecified atom stereocenters. The number of hydrogen-bond donors (Lipinski definition) is 4. The summed E-state index contributed by atoms with van der Waals surface area (Å²) in [5, 5.41) is 31.6. The Hall–Kier alpha value is -4.83. The average Bonchev–Trinajstić information content (AvgIpc) is 2.96. The predicted octanol–water partition coefficient (Wildman–Crippen LogP) is 4.64. The molecule has 2 aromatic heterocycles. The van der Waals surface area contributed by atoms with E-state index in [4.69, 9.17) is 19.6 Å². The van der Waals surface area contributed by atoms with Gasteiger partial charge in [0.05, 0.1) is 0 Å². The molecule has 2 aromatic carbocycles. The summed E-state index contributed by atoms with van der Waals surface area (Å²) in [6.07, 6.45) is 2.77. The highest BCUT2D eigenvalue weighted by atomic mass is 16.6. The molecule has 0 spiro atoms. The molecule has 0 aliphatic carbocycles. The second-order valence-corrected chi connectivity index (χ2v) is 11.2. The number of carbonyl (C=O) groups is 1. The van der Waals surface area contributed by atoms with E-state index in [1.54, 1.807) is 70.3 Å². The van der Waals surface area contributed by atoms with Gasteiger partial charge in [0.2, 0.25) is 0 Å². The fraction of sp³-hybridized carbons (Fsp3) is 0.303. The number of anilines is 1. The summed E-state index contributed by atoms with van der Waals surface area (Å²) in [5.41, 5.74) is 7.14. The van der Waals surface area contributed by atoms with Crippen LogP contribution >= 0.6 is 0 Å². The number of esters is 1. The van der Waals surface area contributed by atoms with Gasteiger partial charge in [-0.3, -0.25) is 4.79 Å². The molecule has 0 fully saturated rings. The van der Waals surface area contributed by atoms with Gasteiger partial charge in [-0.15, -0.1) is 0 Å². The van der Waals surface area contributed by atoms with Crippen molar-refractivity contribution in [2.24, 2.45) is 0 Å². The van der Waals surface area contributed by atoms with Crippen molar-refractivity contribution >= 4 is 22.8 Å². The number of benzene rings is 2. The van der Waals surface area contributed by atoms with Crippen molar-refractivity contribution in [2.45, 2.75) is 64.8 Å². The summed E-state index contributed by atoms with van der Waals surface area (Å²) in [6.45, 7) is 6.39. The van der Waals surface area contributed by atoms with Crippen LogP contribution in [0.4, 0.5) is 5.82 Å². The lowest BCUT2D eigenvalue weighted by atomic mass is 9.80. The van der Waals surface area contributed by atoms with Crippen LogP contribution in [0.2, 0.25) is 0 Å². The summed E-state index contributed by atoms with van der Waals surface area (Å²) in [4.78, 5) is 30.3. The van der Waals surface area contributed by atoms with Crippen molar-refractivity contribution in [3.05, 3.63) is 98.5 Å². The van der Waals surface area contributed by atoms with E-state index in [1.807, 2.05) is 6.07 Å². The van der Waals surface area contributed by atoms with Crippen molar-refractivity contribution in [3.8, 4) is 17.2 Å². The van der Waals surface area contributed by atoms with Crippen LogP contribution < -0.4 is 15.9 Å². The van der Waals surface area contributed by atoms with Gasteiger partial charge >= 0.3 is 5.97 Å². The third-order valence-corrected chi connectivity index (χ3v) is 7.88. The number of nitrogen functional groups attached to an aromatic ring is 1. The van der Waals surface area contributed by atoms with E-state index in [-0.39, 0.29) is 51.8 Å². The van der Waals surface area contributed by atoms with Gasteiger partial charge in [-0.25, -0.2) is 9.78 Å². The number of ether oxygens (including phenoxy) is 2. The van der Waals surface area contributed by atoms with Gasteiger partial charge in [0.25, 0.3) is 0 Å². The van der Waals surface area contributed by atoms with Gasteiger partial charge in [-0.05, 0) is 69.5 Å². The van der Waals surface area contributed by atoms with Gasteiger partial charge < -0.3 is 34.9 Å². The molecule has 5 rings (SSSR count). The zero-order valence-corrected chi connectivity index (χ0v) is 24.4. The minimum atomic E-state index is -1.06. The van der Waals surface area contributed by atoms with E-state index in [9.17, 15) is 24.9 Å². The maximum atomic E-state index is 13.4. The molecule has 224 valence electrons. The number of aliphatic hydroxyl groups excluding tert-OH is 1. The second kappa shape index (κ2) is 11.4. The van der Waals surface area contributed by atoms with Crippen LogP contribution in [0.25, 0.3) is 11.0 Å². The molecule has 0 saturated carbocycles. The molecule has 1 aliphatic heterocycles. The summed E-state index contributed by atoms with van der Waals surface area (Å²) in [5.74, 6) is -0.834.